The van der Waals surface area contributed by atoms with E-state index in [4.69, 9.17) is 9.47 Å². The van der Waals surface area contributed by atoms with Crippen molar-refractivity contribution in [3.8, 4) is 11.5 Å². The van der Waals surface area contributed by atoms with Crippen LogP contribution in [-0.2, 0) is 0 Å². The molecule has 0 aliphatic rings. The Kier molecular flexibility index (Phi) is 24.7. The van der Waals surface area contributed by atoms with Crippen molar-refractivity contribution in [2.75, 3.05) is 32.0 Å². The molecular formula is C38H54F4O2S3. The maximum Gasteiger partial charge on any atom is 0.175 e. The lowest BCUT2D eigenvalue weighted by atomic mass is 10.1. The van der Waals surface area contributed by atoms with Crippen molar-refractivity contribution >= 4 is 35.3 Å². The molecule has 0 amide bonds. The van der Waals surface area contributed by atoms with E-state index < -0.39 is 33.7 Å². The highest BCUT2D eigenvalue weighted by Crippen LogP contribution is 2.32. The average Bonchev–Trinajstić information content (AvgIpc) is 3.10. The van der Waals surface area contributed by atoms with E-state index in [1.54, 1.807) is 23.5 Å². The van der Waals surface area contributed by atoms with Gasteiger partial charge in [0.15, 0.2) is 23.3 Å². The van der Waals surface area contributed by atoms with Crippen LogP contribution in [0.1, 0.15) is 96.5 Å². The Morgan fingerprint density at radius 1 is 0.553 bits per heavy atom. The summed E-state index contributed by atoms with van der Waals surface area (Å²) in [6.45, 7) is 7.14. The molecule has 0 aliphatic carbocycles. The van der Waals surface area contributed by atoms with Gasteiger partial charge in [0.1, 0.15) is 11.5 Å². The van der Waals surface area contributed by atoms with Gasteiger partial charge in [-0.1, -0.05) is 96.3 Å². The highest BCUT2D eigenvalue weighted by atomic mass is 32.2. The highest BCUT2D eigenvalue weighted by molar-refractivity contribution is 7.99. The first kappa shape index (κ1) is 43.1. The number of rotatable bonds is 19. The van der Waals surface area contributed by atoms with Crippen molar-refractivity contribution in [1.29, 1.82) is 0 Å². The van der Waals surface area contributed by atoms with Gasteiger partial charge in [0.25, 0.3) is 0 Å². The van der Waals surface area contributed by atoms with Crippen LogP contribution in [0.25, 0.3) is 0 Å². The van der Waals surface area contributed by atoms with Crippen LogP contribution in [0.15, 0.2) is 63.2 Å². The molecule has 0 atom stereocenters. The van der Waals surface area contributed by atoms with Crippen molar-refractivity contribution in [3.63, 3.8) is 0 Å². The molecule has 47 heavy (non-hydrogen) atoms. The van der Waals surface area contributed by atoms with Crippen LogP contribution < -0.4 is 9.47 Å². The third-order valence-electron chi connectivity index (χ3n) is 7.28. The fraction of sp³-hybridized carbons (Fsp3) is 0.526. The number of ether oxygens (including phenoxy) is 2. The van der Waals surface area contributed by atoms with Gasteiger partial charge in [-0.2, -0.15) is 0 Å². The van der Waals surface area contributed by atoms with Gasteiger partial charge in [-0.25, -0.2) is 17.6 Å². The minimum atomic E-state index is -1.33. The summed E-state index contributed by atoms with van der Waals surface area (Å²) in [5, 5.41) is 0. The zero-order valence-electron chi connectivity index (χ0n) is 29.1. The molecule has 3 aromatic carbocycles. The van der Waals surface area contributed by atoms with Crippen LogP contribution in [-0.4, -0.2) is 32.0 Å². The van der Waals surface area contributed by atoms with E-state index in [1.165, 1.54) is 80.3 Å². The molecule has 3 aromatic rings. The fourth-order valence-electron chi connectivity index (χ4n) is 4.45. The maximum absolute atomic E-state index is 12.9. The average molecular weight is 715 g/mol. The molecule has 264 valence electrons. The van der Waals surface area contributed by atoms with E-state index in [9.17, 15) is 17.6 Å². The number of halogens is 4. The summed E-state index contributed by atoms with van der Waals surface area (Å²) < 4.78 is 63.4. The predicted octanol–water partition coefficient (Wildman–Crippen LogP) is 13.6. The van der Waals surface area contributed by atoms with Crippen molar-refractivity contribution in [2.45, 2.75) is 113 Å². The second-order valence-electron chi connectivity index (χ2n) is 11.0. The molecule has 0 radical (unpaired) electrons. The number of hydrogen-bond acceptors (Lipinski definition) is 5. The van der Waals surface area contributed by atoms with Crippen molar-refractivity contribution < 1.29 is 27.0 Å². The Morgan fingerprint density at radius 2 is 1.06 bits per heavy atom. The smallest absolute Gasteiger partial charge is 0.175 e. The van der Waals surface area contributed by atoms with Gasteiger partial charge in [0, 0.05) is 10.5 Å². The molecule has 0 bridgehead atoms. The Bertz CT molecular complexity index is 1220. The largest absolute Gasteiger partial charge is 0.494 e. The number of benzene rings is 3. The third kappa shape index (κ3) is 17.3. The predicted molar refractivity (Wildman–Crippen MR) is 197 cm³/mol. The molecule has 0 N–H and O–H groups in total. The van der Waals surface area contributed by atoms with Gasteiger partial charge >= 0.3 is 0 Å². The lowest BCUT2D eigenvalue weighted by Gasteiger charge is -2.12. The summed E-state index contributed by atoms with van der Waals surface area (Å²) in [7, 11) is 0. The van der Waals surface area contributed by atoms with Crippen LogP contribution in [0.3, 0.4) is 0 Å². The zero-order chi connectivity index (χ0) is 34.9. The van der Waals surface area contributed by atoms with E-state index in [0.717, 1.165) is 44.5 Å². The van der Waals surface area contributed by atoms with E-state index in [1.807, 2.05) is 24.3 Å². The molecule has 0 saturated heterocycles. The molecule has 0 saturated carbocycles. The number of hydrogen-bond donors (Lipinski definition) is 0. The molecule has 0 fully saturated rings. The molecule has 3 rings (SSSR count). The maximum atomic E-state index is 12.9. The quantitative estimate of drug-likeness (QED) is 0.0531. The number of thioether (sulfide) groups is 3. The van der Waals surface area contributed by atoms with Gasteiger partial charge in [-0.05, 0) is 68.9 Å². The van der Waals surface area contributed by atoms with Crippen molar-refractivity contribution in [3.05, 3.63) is 77.4 Å². The molecule has 0 aliphatic heterocycles. The summed E-state index contributed by atoms with van der Waals surface area (Å²) in [5.41, 5.74) is -0.632. The SMILES string of the molecule is CCCCCCCCOc1ccc(OCCCCCCCC)c(SC)c1.CSc1c(F)c(F)c(C)c(F)c1F.CSc1ccccc1. The standard InChI is InChI=1S/C23H40O2S.C8H6F4S.C7H8S/c1-4-6-8-10-12-14-18-24-21-16-17-22(23(20-21)26-3)25-19-15-13-11-9-7-5-2;1-3-4(9)6(11)8(13-2)7(12)5(3)10;1-8-7-5-3-2-4-6-7/h16-17,20H,4-15,18-19H2,1-3H3;1-2H3;2-6H,1H3. The molecule has 0 heterocycles. The number of unbranched alkanes of at least 4 members (excludes halogenated alkanes) is 10. The van der Waals surface area contributed by atoms with Gasteiger partial charge in [-0.3, -0.25) is 0 Å². The van der Waals surface area contributed by atoms with E-state index >= 15 is 0 Å². The minimum Gasteiger partial charge on any atom is -0.494 e. The summed E-state index contributed by atoms with van der Waals surface area (Å²) in [6, 6.07) is 16.6. The van der Waals surface area contributed by atoms with E-state index in [-0.39, 0.29) is 0 Å². The Hall–Kier alpha value is -1.97. The second-order valence-corrected chi connectivity index (χ2v) is 13.5. The molecule has 0 unspecified atom stereocenters. The van der Waals surface area contributed by atoms with Gasteiger partial charge in [0.2, 0.25) is 0 Å². The van der Waals surface area contributed by atoms with Crippen LogP contribution >= 0.6 is 35.3 Å². The minimum absolute atomic E-state index is 0.624. The summed E-state index contributed by atoms with van der Waals surface area (Å²) in [4.78, 5) is 1.88. The summed E-state index contributed by atoms with van der Waals surface area (Å²) in [6.07, 6.45) is 21.1. The first-order chi connectivity index (χ1) is 22.7. The van der Waals surface area contributed by atoms with Crippen molar-refractivity contribution in [2.24, 2.45) is 0 Å². The van der Waals surface area contributed by atoms with Crippen molar-refractivity contribution in [1.82, 2.24) is 0 Å². The fourth-order valence-corrected chi connectivity index (χ4v) is 5.98. The van der Waals surface area contributed by atoms with Crippen LogP contribution in [0, 0.1) is 30.2 Å². The Balaban J connectivity index is 0.000000429. The lowest BCUT2D eigenvalue weighted by Crippen LogP contribution is -2.01. The highest BCUT2D eigenvalue weighted by Gasteiger charge is 2.22. The molecule has 0 aromatic heterocycles. The van der Waals surface area contributed by atoms with Gasteiger partial charge < -0.3 is 9.47 Å². The van der Waals surface area contributed by atoms with E-state index in [0.29, 0.717) is 11.8 Å². The molecule has 9 heteroatoms. The van der Waals surface area contributed by atoms with E-state index in [2.05, 4.69) is 50.6 Å². The Labute approximate surface area is 294 Å². The monoisotopic (exact) mass is 714 g/mol. The zero-order valence-corrected chi connectivity index (χ0v) is 31.5. The van der Waals surface area contributed by atoms with Crippen LogP contribution in [0.4, 0.5) is 17.6 Å². The van der Waals surface area contributed by atoms with Crippen LogP contribution in [0.5, 0.6) is 11.5 Å². The Morgan fingerprint density at radius 3 is 1.53 bits per heavy atom. The molecule has 2 nitrogen and oxygen atoms in total. The normalized spacial score (nSPS) is 10.5. The van der Waals surface area contributed by atoms with Gasteiger partial charge in [0.05, 0.1) is 23.0 Å². The first-order valence-electron chi connectivity index (χ1n) is 16.6. The summed E-state index contributed by atoms with van der Waals surface area (Å²) in [5.74, 6) is -3.35. The third-order valence-corrected chi connectivity index (χ3v) is 9.55. The molecule has 0 spiro atoms. The van der Waals surface area contributed by atoms with Gasteiger partial charge in [-0.15, -0.1) is 35.3 Å². The second kappa shape index (κ2) is 26.9. The lowest BCUT2D eigenvalue weighted by molar-refractivity contribution is 0.290. The molecular weight excluding hydrogens is 661 g/mol. The topological polar surface area (TPSA) is 18.5 Å². The van der Waals surface area contributed by atoms with Crippen LogP contribution in [0.2, 0.25) is 0 Å². The first-order valence-corrected chi connectivity index (χ1v) is 20.3. The summed E-state index contributed by atoms with van der Waals surface area (Å²) >= 11 is 4.13.